The van der Waals surface area contributed by atoms with E-state index in [1.54, 1.807) is 0 Å². The first kappa shape index (κ1) is 33.8. The largest absolute Gasteiger partial charge is 0.462 e. The fourth-order valence-electron chi connectivity index (χ4n) is 2.97. The van der Waals surface area contributed by atoms with Crippen LogP contribution in [-0.4, -0.2) is 51.3 Å². The Morgan fingerprint density at radius 1 is 0.818 bits per heavy atom. The van der Waals surface area contributed by atoms with E-state index in [4.69, 9.17) is 4.74 Å². The number of hydrogen-bond donors (Lipinski definition) is 2. The van der Waals surface area contributed by atoms with Crippen LogP contribution in [0.2, 0.25) is 0 Å². The standard InChI is InChI=1S/C22H44N2O2.C5H10O2/c1-3-4-5-6-9-12-15-21-26-22(25)17-13-10-7-8-11-14-19-24-20-16-18-23-2;1-5(2,3)7-4-6/h12,15,23-24H,3-11,13-14,16-21H2,1-2H3;4H,1-3H3/b15-12+;. The van der Waals surface area contributed by atoms with Gasteiger partial charge in [-0.25, -0.2) is 0 Å². The van der Waals surface area contributed by atoms with Gasteiger partial charge in [0, 0.05) is 6.42 Å². The summed E-state index contributed by atoms with van der Waals surface area (Å²) in [6.45, 7) is 11.9. The molecule has 0 heterocycles. The minimum atomic E-state index is -0.318. The maximum Gasteiger partial charge on any atom is 0.306 e. The molecule has 0 unspecified atom stereocenters. The Morgan fingerprint density at radius 2 is 1.45 bits per heavy atom. The zero-order chi connectivity index (χ0) is 25.0. The first-order valence-electron chi connectivity index (χ1n) is 13.1. The third kappa shape index (κ3) is 35.4. The number of ether oxygens (including phenoxy) is 2. The molecule has 6 heteroatoms. The predicted octanol–water partition coefficient (Wildman–Crippen LogP) is 5.94. The highest BCUT2D eigenvalue weighted by Gasteiger charge is 2.07. The Bertz CT molecular complexity index is 448. The molecule has 0 aliphatic rings. The molecular formula is C27H54N2O4. The van der Waals surface area contributed by atoms with Gasteiger partial charge in [-0.2, -0.15) is 0 Å². The molecule has 0 saturated heterocycles. The summed E-state index contributed by atoms with van der Waals surface area (Å²) in [5.41, 5.74) is -0.318. The third-order valence-corrected chi connectivity index (χ3v) is 4.90. The Labute approximate surface area is 204 Å². The summed E-state index contributed by atoms with van der Waals surface area (Å²) in [5, 5.41) is 6.63. The van der Waals surface area contributed by atoms with E-state index in [-0.39, 0.29) is 11.6 Å². The Hall–Kier alpha value is -1.40. The van der Waals surface area contributed by atoms with E-state index < -0.39 is 0 Å². The number of hydrogen-bond acceptors (Lipinski definition) is 6. The lowest BCUT2D eigenvalue weighted by Crippen LogP contribution is -2.20. The molecule has 0 spiro atoms. The second-order valence-electron chi connectivity index (χ2n) is 9.41. The van der Waals surface area contributed by atoms with Crippen molar-refractivity contribution in [1.82, 2.24) is 10.6 Å². The molecule has 0 saturated carbocycles. The van der Waals surface area contributed by atoms with Crippen LogP contribution in [0.3, 0.4) is 0 Å². The van der Waals surface area contributed by atoms with Crippen molar-refractivity contribution in [3.05, 3.63) is 12.2 Å². The SMILES string of the molecule is CC(C)(C)OC=O.CCCCCC/C=C/COC(=O)CCCCCCCCNCCCNC. The van der Waals surface area contributed by atoms with Crippen LogP contribution in [-0.2, 0) is 19.1 Å². The molecule has 0 radical (unpaired) electrons. The van der Waals surface area contributed by atoms with Crippen molar-refractivity contribution >= 4 is 12.4 Å². The summed E-state index contributed by atoms with van der Waals surface area (Å²) >= 11 is 0. The van der Waals surface area contributed by atoms with Crippen LogP contribution in [0.15, 0.2) is 12.2 Å². The zero-order valence-electron chi connectivity index (χ0n) is 22.4. The number of unbranched alkanes of at least 4 members (excludes halogenated alkanes) is 9. The van der Waals surface area contributed by atoms with Crippen molar-refractivity contribution < 1.29 is 19.1 Å². The van der Waals surface area contributed by atoms with Crippen LogP contribution in [0.4, 0.5) is 0 Å². The molecule has 0 aliphatic heterocycles. The fourth-order valence-corrected chi connectivity index (χ4v) is 2.97. The lowest BCUT2D eigenvalue weighted by Gasteiger charge is -2.14. The van der Waals surface area contributed by atoms with Crippen LogP contribution >= 0.6 is 0 Å². The molecule has 0 aliphatic carbocycles. The molecule has 6 nitrogen and oxygen atoms in total. The van der Waals surface area contributed by atoms with Crippen LogP contribution < -0.4 is 10.6 Å². The molecule has 0 aromatic rings. The average Bonchev–Trinajstić information content (AvgIpc) is 2.76. The van der Waals surface area contributed by atoms with Crippen molar-refractivity contribution in [2.75, 3.05) is 33.3 Å². The Kier molecular flexibility index (Phi) is 27.5. The van der Waals surface area contributed by atoms with Crippen molar-refractivity contribution in [2.45, 2.75) is 117 Å². The van der Waals surface area contributed by atoms with Crippen LogP contribution in [0.1, 0.15) is 111 Å². The van der Waals surface area contributed by atoms with E-state index in [2.05, 4.69) is 28.4 Å². The van der Waals surface area contributed by atoms with Crippen molar-refractivity contribution in [3.63, 3.8) is 0 Å². The summed E-state index contributed by atoms with van der Waals surface area (Å²) in [6.07, 6.45) is 19.2. The highest BCUT2D eigenvalue weighted by Crippen LogP contribution is 2.08. The van der Waals surface area contributed by atoms with E-state index in [0.29, 0.717) is 19.5 Å². The first-order chi connectivity index (χ1) is 15.9. The fraction of sp³-hybridized carbons (Fsp3) is 0.852. The van der Waals surface area contributed by atoms with Crippen LogP contribution in [0, 0.1) is 0 Å². The molecule has 2 N–H and O–H groups in total. The minimum absolute atomic E-state index is 0.0496. The quantitative estimate of drug-likeness (QED) is 0.0935. The van der Waals surface area contributed by atoms with E-state index in [0.717, 1.165) is 38.9 Å². The smallest absolute Gasteiger partial charge is 0.306 e. The number of esters is 1. The monoisotopic (exact) mass is 470 g/mol. The minimum Gasteiger partial charge on any atom is -0.462 e. The number of allylic oxidation sites excluding steroid dienone is 1. The van der Waals surface area contributed by atoms with E-state index in [9.17, 15) is 9.59 Å². The molecule has 0 aromatic carbocycles. The highest BCUT2D eigenvalue weighted by atomic mass is 16.5. The topological polar surface area (TPSA) is 76.7 Å². The van der Waals surface area contributed by atoms with Gasteiger partial charge in [-0.3, -0.25) is 9.59 Å². The van der Waals surface area contributed by atoms with Gasteiger partial charge in [0.25, 0.3) is 6.47 Å². The van der Waals surface area contributed by atoms with Gasteiger partial charge in [0.2, 0.25) is 0 Å². The van der Waals surface area contributed by atoms with Gasteiger partial charge in [0.05, 0.1) is 0 Å². The molecule has 0 rings (SSSR count). The summed E-state index contributed by atoms with van der Waals surface area (Å²) < 4.78 is 9.78. The van der Waals surface area contributed by atoms with E-state index >= 15 is 0 Å². The molecule has 0 amide bonds. The summed E-state index contributed by atoms with van der Waals surface area (Å²) in [4.78, 5) is 21.2. The Morgan fingerprint density at radius 3 is 2.06 bits per heavy atom. The molecule has 196 valence electrons. The van der Waals surface area contributed by atoms with Gasteiger partial charge in [0.1, 0.15) is 12.2 Å². The Balaban J connectivity index is 0. The van der Waals surface area contributed by atoms with Gasteiger partial charge < -0.3 is 20.1 Å². The first-order valence-corrected chi connectivity index (χ1v) is 13.1. The lowest BCUT2D eigenvalue weighted by atomic mass is 10.1. The highest BCUT2D eigenvalue weighted by molar-refractivity contribution is 5.69. The number of carbonyl (C=O) groups is 2. The van der Waals surface area contributed by atoms with E-state index in [1.807, 2.05) is 33.9 Å². The molecule has 0 fully saturated rings. The zero-order valence-corrected chi connectivity index (χ0v) is 22.4. The summed E-state index contributed by atoms with van der Waals surface area (Å²) in [6, 6.07) is 0. The molecule has 0 bridgehead atoms. The molecule has 33 heavy (non-hydrogen) atoms. The summed E-state index contributed by atoms with van der Waals surface area (Å²) in [5.74, 6) is -0.0496. The van der Waals surface area contributed by atoms with Crippen molar-refractivity contribution in [3.8, 4) is 0 Å². The molecular weight excluding hydrogens is 416 g/mol. The van der Waals surface area contributed by atoms with Crippen molar-refractivity contribution in [1.29, 1.82) is 0 Å². The van der Waals surface area contributed by atoms with Crippen LogP contribution in [0.5, 0.6) is 0 Å². The second-order valence-corrected chi connectivity index (χ2v) is 9.41. The third-order valence-electron chi connectivity index (χ3n) is 4.90. The van der Waals surface area contributed by atoms with Crippen molar-refractivity contribution in [2.24, 2.45) is 0 Å². The van der Waals surface area contributed by atoms with Gasteiger partial charge in [-0.15, -0.1) is 0 Å². The van der Waals surface area contributed by atoms with Gasteiger partial charge in [0.15, 0.2) is 0 Å². The number of carbonyl (C=O) groups excluding carboxylic acids is 2. The second kappa shape index (κ2) is 26.8. The maximum absolute atomic E-state index is 11.6. The number of nitrogens with one attached hydrogen (secondary N) is 2. The van der Waals surface area contributed by atoms with Gasteiger partial charge >= 0.3 is 5.97 Å². The van der Waals surface area contributed by atoms with Gasteiger partial charge in [-0.05, 0) is 79.6 Å². The molecule has 0 aromatic heterocycles. The van der Waals surface area contributed by atoms with Gasteiger partial charge in [-0.1, -0.05) is 64.0 Å². The lowest BCUT2D eigenvalue weighted by molar-refractivity contribution is -0.142. The average molecular weight is 471 g/mol. The van der Waals surface area contributed by atoms with Crippen LogP contribution in [0.25, 0.3) is 0 Å². The summed E-state index contributed by atoms with van der Waals surface area (Å²) in [7, 11) is 1.99. The number of rotatable bonds is 21. The molecule has 0 atom stereocenters. The maximum atomic E-state index is 11.6. The normalized spacial score (nSPS) is 11.2. The predicted molar refractivity (Wildman–Crippen MR) is 139 cm³/mol. The van der Waals surface area contributed by atoms with E-state index in [1.165, 1.54) is 57.8 Å².